The zero-order valence-corrected chi connectivity index (χ0v) is 11.4. The van der Waals surface area contributed by atoms with Gasteiger partial charge in [-0.1, -0.05) is 12.1 Å². The maximum atomic E-state index is 10.8. The van der Waals surface area contributed by atoms with Gasteiger partial charge in [0.05, 0.1) is 6.54 Å². The number of nitrogens with zero attached hydrogens (tertiary/aromatic N) is 3. The fourth-order valence-corrected chi connectivity index (χ4v) is 1.80. The predicted octanol–water partition coefficient (Wildman–Crippen LogP) is 2.13. The van der Waals surface area contributed by atoms with E-state index in [1.54, 1.807) is 11.6 Å². The molecule has 0 radical (unpaired) electrons. The molecule has 1 N–H and O–H groups in total. The Labute approximate surface area is 116 Å². The first-order valence-corrected chi connectivity index (χ1v) is 6.17. The molecular formula is C13H16N4O3. The van der Waals surface area contributed by atoms with Crippen molar-refractivity contribution in [2.24, 2.45) is 7.05 Å². The Morgan fingerprint density at radius 2 is 2.30 bits per heavy atom. The smallest absolute Gasteiger partial charge is 0.406 e. The summed E-state index contributed by atoms with van der Waals surface area (Å²) in [5.74, 6) is 0.984. The second kappa shape index (κ2) is 6.05. The van der Waals surface area contributed by atoms with Gasteiger partial charge in [-0.15, -0.1) is 0 Å². The average molecular weight is 276 g/mol. The van der Waals surface area contributed by atoms with Crippen molar-refractivity contribution in [2.45, 2.75) is 6.92 Å². The van der Waals surface area contributed by atoms with Crippen molar-refractivity contribution in [3.05, 3.63) is 46.3 Å². The van der Waals surface area contributed by atoms with E-state index in [1.807, 2.05) is 31.2 Å². The summed E-state index contributed by atoms with van der Waals surface area (Å²) in [5.41, 5.74) is 1.12. The van der Waals surface area contributed by atoms with Crippen LogP contribution in [0.2, 0.25) is 0 Å². The lowest BCUT2D eigenvalue weighted by Gasteiger charge is -2.08. The predicted molar refractivity (Wildman–Crippen MR) is 75.0 cm³/mol. The summed E-state index contributed by atoms with van der Waals surface area (Å²) >= 11 is 0. The minimum Gasteiger partial charge on any atom is -0.492 e. The standard InChI is InChI=1S/C13H16N4O3/c1-10-4-3-5-11(8-10)20-7-6-14-12-13(17(18)19)15-9-16(12)2/h3-5,8-9,14H,6-7H2,1-2H3. The molecular weight excluding hydrogens is 260 g/mol. The Morgan fingerprint density at radius 3 is 3.00 bits per heavy atom. The Morgan fingerprint density at radius 1 is 1.50 bits per heavy atom. The van der Waals surface area contributed by atoms with Crippen LogP contribution in [0, 0.1) is 17.0 Å². The molecule has 0 aliphatic heterocycles. The average Bonchev–Trinajstić information content (AvgIpc) is 2.76. The minimum atomic E-state index is -0.510. The number of hydrogen-bond donors (Lipinski definition) is 1. The van der Waals surface area contributed by atoms with E-state index in [0.29, 0.717) is 19.0 Å². The van der Waals surface area contributed by atoms with E-state index in [-0.39, 0.29) is 5.82 Å². The van der Waals surface area contributed by atoms with E-state index in [1.165, 1.54) is 6.33 Å². The van der Waals surface area contributed by atoms with Crippen LogP contribution in [0.3, 0.4) is 0 Å². The summed E-state index contributed by atoms with van der Waals surface area (Å²) in [5, 5.41) is 13.7. The van der Waals surface area contributed by atoms with Crippen LogP contribution in [0.5, 0.6) is 5.75 Å². The van der Waals surface area contributed by atoms with Crippen LogP contribution in [0.4, 0.5) is 11.6 Å². The SMILES string of the molecule is Cc1cccc(OCCNc2c([N+](=O)[O-])ncn2C)c1. The minimum absolute atomic E-state index is 0.178. The Hall–Kier alpha value is -2.57. The van der Waals surface area contributed by atoms with Gasteiger partial charge in [-0.05, 0) is 34.5 Å². The van der Waals surface area contributed by atoms with E-state index in [0.717, 1.165) is 11.3 Å². The number of rotatable bonds is 6. The van der Waals surface area contributed by atoms with Crippen LogP contribution in [0.25, 0.3) is 0 Å². The highest BCUT2D eigenvalue weighted by atomic mass is 16.6. The third-order valence-corrected chi connectivity index (χ3v) is 2.74. The van der Waals surface area contributed by atoms with Gasteiger partial charge < -0.3 is 20.2 Å². The summed E-state index contributed by atoms with van der Waals surface area (Å²) in [6, 6.07) is 7.72. The molecule has 106 valence electrons. The normalized spacial score (nSPS) is 10.3. The summed E-state index contributed by atoms with van der Waals surface area (Å²) in [6.45, 7) is 2.85. The molecule has 0 fully saturated rings. The molecule has 0 saturated carbocycles. The molecule has 1 aromatic heterocycles. The molecule has 0 aliphatic rings. The summed E-state index contributed by atoms with van der Waals surface area (Å²) in [6.07, 6.45) is 1.40. The molecule has 2 rings (SSSR count). The first-order chi connectivity index (χ1) is 9.58. The maximum absolute atomic E-state index is 10.8. The number of nitrogens with one attached hydrogen (secondary N) is 1. The molecule has 1 heterocycles. The summed E-state index contributed by atoms with van der Waals surface area (Å²) in [4.78, 5) is 14.0. The maximum Gasteiger partial charge on any atom is 0.406 e. The largest absolute Gasteiger partial charge is 0.492 e. The van der Waals surface area contributed by atoms with E-state index in [4.69, 9.17) is 4.74 Å². The quantitative estimate of drug-likeness (QED) is 0.496. The van der Waals surface area contributed by atoms with Crippen molar-refractivity contribution in [1.29, 1.82) is 0 Å². The van der Waals surface area contributed by atoms with Crippen LogP contribution >= 0.6 is 0 Å². The van der Waals surface area contributed by atoms with Gasteiger partial charge in [-0.2, -0.15) is 0 Å². The highest BCUT2D eigenvalue weighted by Gasteiger charge is 2.19. The van der Waals surface area contributed by atoms with Crippen molar-refractivity contribution >= 4 is 11.6 Å². The number of imidazole rings is 1. The second-order valence-electron chi connectivity index (χ2n) is 4.38. The molecule has 0 aliphatic carbocycles. The van der Waals surface area contributed by atoms with E-state index in [2.05, 4.69) is 10.3 Å². The number of benzene rings is 1. The number of ether oxygens (including phenoxy) is 1. The van der Waals surface area contributed by atoms with Crippen molar-refractivity contribution in [3.63, 3.8) is 0 Å². The summed E-state index contributed by atoms with van der Waals surface area (Å²) in [7, 11) is 1.70. The van der Waals surface area contributed by atoms with Crippen molar-refractivity contribution in [1.82, 2.24) is 9.55 Å². The van der Waals surface area contributed by atoms with Crippen LogP contribution in [-0.4, -0.2) is 27.6 Å². The molecule has 1 aromatic carbocycles. The van der Waals surface area contributed by atoms with Crippen LogP contribution in [-0.2, 0) is 7.05 Å². The Bertz CT molecular complexity index is 609. The van der Waals surface area contributed by atoms with Gasteiger partial charge in [0, 0.05) is 7.05 Å². The van der Waals surface area contributed by atoms with Gasteiger partial charge in [0.1, 0.15) is 12.4 Å². The highest BCUT2D eigenvalue weighted by molar-refractivity contribution is 5.51. The Kier molecular flexibility index (Phi) is 4.19. The number of anilines is 1. The molecule has 7 heteroatoms. The lowest BCUT2D eigenvalue weighted by Crippen LogP contribution is -2.14. The van der Waals surface area contributed by atoms with Gasteiger partial charge >= 0.3 is 5.82 Å². The molecule has 7 nitrogen and oxygen atoms in total. The van der Waals surface area contributed by atoms with E-state index in [9.17, 15) is 10.1 Å². The fourth-order valence-electron chi connectivity index (χ4n) is 1.80. The molecule has 20 heavy (non-hydrogen) atoms. The molecule has 2 aromatic rings. The van der Waals surface area contributed by atoms with Gasteiger partial charge in [0.25, 0.3) is 0 Å². The highest BCUT2D eigenvalue weighted by Crippen LogP contribution is 2.20. The first kappa shape index (κ1) is 13.9. The number of hydrogen-bond acceptors (Lipinski definition) is 5. The molecule has 0 saturated heterocycles. The zero-order valence-electron chi connectivity index (χ0n) is 11.4. The van der Waals surface area contributed by atoms with Crippen molar-refractivity contribution < 1.29 is 9.66 Å². The van der Waals surface area contributed by atoms with Crippen molar-refractivity contribution in [2.75, 3.05) is 18.5 Å². The zero-order chi connectivity index (χ0) is 14.5. The number of aromatic nitrogens is 2. The first-order valence-electron chi connectivity index (χ1n) is 6.17. The third kappa shape index (κ3) is 3.25. The van der Waals surface area contributed by atoms with Crippen LogP contribution < -0.4 is 10.1 Å². The number of nitro groups is 1. The van der Waals surface area contributed by atoms with Gasteiger partial charge in [0.2, 0.25) is 12.1 Å². The van der Waals surface area contributed by atoms with E-state index >= 15 is 0 Å². The van der Waals surface area contributed by atoms with Gasteiger partial charge in [-0.25, -0.2) is 0 Å². The van der Waals surface area contributed by atoms with E-state index < -0.39 is 4.92 Å². The molecule has 0 unspecified atom stereocenters. The molecule has 0 amide bonds. The summed E-state index contributed by atoms with van der Waals surface area (Å²) < 4.78 is 7.14. The van der Waals surface area contributed by atoms with Crippen LogP contribution in [0.1, 0.15) is 5.56 Å². The topological polar surface area (TPSA) is 82.2 Å². The van der Waals surface area contributed by atoms with Gasteiger partial charge in [0.15, 0.2) is 0 Å². The molecule has 0 bridgehead atoms. The lowest BCUT2D eigenvalue weighted by molar-refractivity contribution is -0.388. The molecule has 0 atom stereocenters. The Balaban J connectivity index is 1.87. The second-order valence-corrected chi connectivity index (χ2v) is 4.38. The third-order valence-electron chi connectivity index (χ3n) is 2.74. The molecule has 0 spiro atoms. The van der Waals surface area contributed by atoms with Crippen LogP contribution in [0.15, 0.2) is 30.6 Å². The fraction of sp³-hybridized carbons (Fsp3) is 0.308. The van der Waals surface area contributed by atoms with Crippen molar-refractivity contribution in [3.8, 4) is 5.75 Å². The number of aryl methyl sites for hydroxylation is 2. The van der Waals surface area contributed by atoms with Gasteiger partial charge in [-0.3, -0.25) is 4.57 Å². The monoisotopic (exact) mass is 276 g/mol. The lowest BCUT2D eigenvalue weighted by atomic mass is 10.2.